The van der Waals surface area contributed by atoms with Crippen LogP contribution in [0.3, 0.4) is 0 Å². The third-order valence-electron chi connectivity index (χ3n) is 10.4. The molecule has 0 bridgehead atoms. The van der Waals surface area contributed by atoms with Crippen LogP contribution < -0.4 is 21.8 Å². The van der Waals surface area contributed by atoms with Gasteiger partial charge in [0.15, 0.2) is 0 Å². The van der Waals surface area contributed by atoms with Crippen LogP contribution in [0, 0.1) is 0 Å². The summed E-state index contributed by atoms with van der Waals surface area (Å²) in [6.45, 7) is 3.95. The number of hydrogen-bond donors (Lipinski definition) is 4. The van der Waals surface area contributed by atoms with Crippen molar-refractivity contribution in [3.63, 3.8) is 0 Å². The fraction of sp³-hybridized carbons (Fsp3) is 0.238. The molecule has 0 amide bonds. The molecule has 2 aromatic heterocycles. The fourth-order valence-corrected chi connectivity index (χ4v) is 7.55. The number of fused-ring (bicyclic) bond motifs is 2. The Balaban J connectivity index is 0.000000200. The van der Waals surface area contributed by atoms with E-state index in [0.29, 0.717) is 21.8 Å². The number of nitrogens with zero attached hydrogens (tertiary/aromatic N) is 2. The molecule has 8 nitrogen and oxygen atoms in total. The highest BCUT2D eigenvalue weighted by atomic mass is 35.5. The first-order chi connectivity index (χ1) is 25.3. The number of aromatic nitrogens is 4. The van der Waals surface area contributed by atoms with Crippen LogP contribution in [0.15, 0.2) is 119 Å². The van der Waals surface area contributed by atoms with E-state index in [1.807, 2.05) is 60.7 Å². The molecule has 0 saturated carbocycles. The third-order valence-corrected chi connectivity index (χ3v) is 10.9. The van der Waals surface area contributed by atoms with E-state index < -0.39 is 0 Å². The van der Waals surface area contributed by atoms with Gasteiger partial charge in [-0.3, -0.25) is 9.59 Å². The molecule has 2 aliphatic rings. The zero-order valence-corrected chi connectivity index (χ0v) is 32.6. The summed E-state index contributed by atoms with van der Waals surface area (Å²) in [6, 6.07) is 27.8. The smallest absolute Gasteiger partial charge is 0.258 e. The molecule has 0 spiro atoms. The Labute approximate surface area is 336 Å². The second-order valence-corrected chi connectivity index (χ2v) is 14.4. The molecule has 6 aromatic rings. The third kappa shape index (κ3) is 9.32. The van der Waals surface area contributed by atoms with Crippen LogP contribution in [0.25, 0.3) is 34.0 Å². The molecule has 4 aromatic carbocycles. The lowest BCUT2D eigenvalue weighted by atomic mass is 9.73. The van der Waals surface area contributed by atoms with Crippen molar-refractivity contribution < 1.29 is 0 Å². The Morgan fingerprint density at radius 1 is 0.537 bits per heavy atom. The average molecular weight is 805 g/mol. The van der Waals surface area contributed by atoms with Crippen molar-refractivity contribution in [1.82, 2.24) is 30.6 Å². The van der Waals surface area contributed by atoms with Crippen LogP contribution >= 0.6 is 48.0 Å². The van der Waals surface area contributed by atoms with Crippen LogP contribution in [0.5, 0.6) is 0 Å². The van der Waals surface area contributed by atoms with Crippen LogP contribution in [-0.2, 0) is 10.8 Å². The molecule has 2 saturated heterocycles. The van der Waals surface area contributed by atoms with Gasteiger partial charge in [-0.15, -0.1) is 24.8 Å². The van der Waals surface area contributed by atoms with Crippen molar-refractivity contribution in [2.45, 2.75) is 36.5 Å². The molecular weight excluding hydrogens is 762 g/mol. The predicted octanol–water partition coefficient (Wildman–Crippen LogP) is 8.67. The Morgan fingerprint density at radius 2 is 0.907 bits per heavy atom. The van der Waals surface area contributed by atoms with E-state index in [9.17, 15) is 9.59 Å². The molecule has 0 radical (unpaired) electrons. The van der Waals surface area contributed by atoms with Crippen molar-refractivity contribution in [3.05, 3.63) is 163 Å². The molecule has 8 rings (SSSR count). The van der Waals surface area contributed by atoms with Crippen molar-refractivity contribution in [1.29, 1.82) is 0 Å². The Kier molecular flexibility index (Phi) is 13.9. The van der Waals surface area contributed by atoms with Crippen molar-refractivity contribution in [2.75, 3.05) is 26.2 Å². The highest BCUT2D eigenvalue weighted by molar-refractivity contribution is 6.30. The van der Waals surface area contributed by atoms with E-state index in [2.05, 4.69) is 79.1 Å². The van der Waals surface area contributed by atoms with Gasteiger partial charge in [0.1, 0.15) is 0 Å². The summed E-state index contributed by atoms with van der Waals surface area (Å²) >= 11 is 12.1. The maximum Gasteiger partial charge on any atom is 0.258 e. The highest BCUT2D eigenvalue weighted by Gasteiger charge is 2.32. The number of rotatable bonds is 6. The first-order valence-corrected chi connectivity index (χ1v) is 18.4. The summed E-state index contributed by atoms with van der Waals surface area (Å²) in [5.74, 6) is 0. The second kappa shape index (κ2) is 18.4. The largest absolute Gasteiger partial charge is 0.317 e. The molecular formula is C42H42Cl4N6O2. The number of nitrogens with one attached hydrogen (secondary N) is 4. The van der Waals surface area contributed by atoms with Gasteiger partial charge in [0.05, 0.1) is 34.5 Å². The second-order valence-electron chi connectivity index (χ2n) is 13.5. The first kappa shape index (κ1) is 40.9. The van der Waals surface area contributed by atoms with Gasteiger partial charge in [-0.2, -0.15) is 0 Å². The monoisotopic (exact) mass is 802 g/mol. The van der Waals surface area contributed by atoms with E-state index in [1.54, 1.807) is 0 Å². The number of allylic oxidation sites excluding steroid dienone is 2. The van der Waals surface area contributed by atoms with E-state index >= 15 is 0 Å². The Hall–Kier alpha value is -4.28. The molecule has 12 heteroatoms. The van der Waals surface area contributed by atoms with Gasteiger partial charge in [-0.05, 0) is 123 Å². The lowest BCUT2D eigenvalue weighted by Crippen LogP contribution is -2.38. The molecule has 280 valence electrons. The zero-order chi connectivity index (χ0) is 36.0. The molecule has 4 N–H and O–H groups in total. The zero-order valence-electron chi connectivity index (χ0n) is 29.5. The normalized spacial score (nSPS) is 16.3. The lowest BCUT2D eigenvalue weighted by Gasteiger charge is -2.36. The van der Waals surface area contributed by atoms with Gasteiger partial charge < -0.3 is 20.6 Å². The molecule has 2 aliphatic heterocycles. The van der Waals surface area contributed by atoms with Crippen LogP contribution in [0.1, 0.15) is 47.9 Å². The van der Waals surface area contributed by atoms with Gasteiger partial charge in [0.2, 0.25) is 0 Å². The summed E-state index contributed by atoms with van der Waals surface area (Å²) in [5, 5.41) is 9.62. The van der Waals surface area contributed by atoms with E-state index in [-0.39, 0.29) is 46.8 Å². The van der Waals surface area contributed by atoms with Crippen molar-refractivity contribution >= 4 is 82.0 Å². The number of piperidine rings is 2. The van der Waals surface area contributed by atoms with Crippen LogP contribution in [0.2, 0.25) is 10.0 Å². The number of benzene rings is 4. The predicted molar refractivity (Wildman–Crippen MR) is 228 cm³/mol. The van der Waals surface area contributed by atoms with E-state index in [1.165, 1.54) is 23.8 Å². The van der Waals surface area contributed by atoms with Gasteiger partial charge in [0, 0.05) is 20.9 Å². The quantitative estimate of drug-likeness (QED) is 0.134. The fourth-order valence-electron chi connectivity index (χ4n) is 7.30. The van der Waals surface area contributed by atoms with Crippen molar-refractivity contribution in [2.24, 2.45) is 0 Å². The standard InChI is InChI=1S/2C21H20ClN3O.2ClH/c2*22-17-4-2-16(3-5-17)21(9-11-23-12-10-21)8-7-15-1-6-18-19(13-15)24-14-25-20(18)26;;/h2*1-8,13-14,23H,9-12H2,(H,24,25,26);2*1H/b2*8-7+;;. The summed E-state index contributed by atoms with van der Waals surface area (Å²) in [7, 11) is 0. The molecule has 0 atom stereocenters. The summed E-state index contributed by atoms with van der Waals surface area (Å²) in [4.78, 5) is 37.4. The van der Waals surface area contributed by atoms with Gasteiger partial charge in [-0.1, -0.05) is 83.9 Å². The number of halogens is 4. The number of aromatic amines is 2. The molecule has 4 heterocycles. The highest BCUT2D eigenvalue weighted by Crippen LogP contribution is 2.37. The first-order valence-electron chi connectivity index (χ1n) is 17.6. The van der Waals surface area contributed by atoms with Crippen LogP contribution in [0.4, 0.5) is 0 Å². The Morgan fingerprint density at radius 3 is 1.28 bits per heavy atom. The maximum atomic E-state index is 11.8. The number of hydrogen-bond acceptors (Lipinski definition) is 6. The maximum absolute atomic E-state index is 11.8. The summed E-state index contributed by atoms with van der Waals surface area (Å²) in [5.41, 5.74) is 5.85. The van der Waals surface area contributed by atoms with Crippen LogP contribution in [-0.4, -0.2) is 46.1 Å². The molecule has 54 heavy (non-hydrogen) atoms. The molecule has 0 unspecified atom stereocenters. The van der Waals surface area contributed by atoms with Gasteiger partial charge >= 0.3 is 0 Å². The van der Waals surface area contributed by atoms with Gasteiger partial charge in [0.25, 0.3) is 11.1 Å². The Bertz CT molecular complexity index is 2180. The topological polar surface area (TPSA) is 116 Å². The minimum absolute atomic E-state index is 0. The summed E-state index contributed by atoms with van der Waals surface area (Å²) in [6.07, 6.45) is 15.9. The molecule has 0 aliphatic carbocycles. The lowest BCUT2D eigenvalue weighted by molar-refractivity contribution is 0.375. The minimum Gasteiger partial charge on any atom is -0.317 e. The molecule has 2 fully saturated rings. The minimum atomic E-state index is -0.110. The van der Waals surface area contributed by atoms with Gasteiger partial charge in [-0.25, -0.2) is 9.97 Å². The van der Waals surface area contributed by atoms with E-state index in [0.717, 1.165) is 73.0 Å². The SMILES string of the molecule is Cl.Cl.O=c1[nH]cnc2cc(/C=C/C3(c4ccc(Cl)cc4)CCNCC3)ccc12.O=c1[nH]cnc2cc(/C=C/C3(c4ccc(Cl)cc4)CCNCC3)ccc12. The average Bonchev–Trinajstić information content (AvgIpc) is 3.18. The summed E-state index contributed by atoms with van der Waals surface area (Å²) < 4.78 is 0. The van der Waals surface area contributed by atoms with Crippen molar-refractivity contribution in [3.8, 4) is 0 Å². The number of H-pyrrole nitrogens is 2. The van der Waals surface area contributed by atoms with E-state index in [4.69, 9.17) is 23.2 Å².